The van der Waals surface area contributed by atoms with E-state index in [0.717, 1.165) is 28.1 Å². The van der Waals surface area contributed by atoms with Gasteiger partial charge in [0.25, 0.3) is 5.91 Å². The maximum atomic E-state index is 13.5. The molecule has 0 unspecified atom stereocenters. The van der Waals surface area contributed by atoms with Crippen molar-refractivity contribution in [1.82, 2.24) is 20.5 Å². The molecular formula is C27H21ClN4O2. The maximum Gasteiger partial charge on any atom is 0.252 e. The zero-order valence-electron chi connectivity index (χ0n) is 18.4. The molecule has 0 saturated carbocycles. The lowest BCUT2D eigenvalue weighted by atomic mass is 10.0. The van der Waals surface area contributed by atoms with Crippen molar-refractivity contribution in [3.63, 3.8) is 0 Å². The number of hydrogen-bond acceptors (Lipinski definition) is 4. The number of carbonyl (C=O) groups is 1. The number of aromatic nitrogens is 3. The molecular weight excluding hydrogens is 448 g/mol. The number of amides is 1. The number of rotatable bonds is 6. The average Bonchev–Trinajstić information content (AvgIpc) is 3.32. The van der Waals surface area contributed by atoms with Crippen LogP contribution in [0, 0.1) is 0 Å². The van der Waals surface area contributed by atoms with Crippen molar-refractivity contribution < 1.29 is 9.53 Å². The standard InChI is InChI=1S/C27H21ClN4O2/c1-34-23-10-6-5-9-19(23)16-29-27(33)21-15-22(17-11-13-20(28)14-12-17)30-26-24(21)25(31-32-26)18-7-3-2-4-8-18/h2-15H,16H2,1H3,(H,29,33)(H,30,31,32). The van der Waals surface area contributed by atoms with Crippen molar-refractivity contribution in [1.29, 1.82) is 0 Å². The summed E-state index contributed by atoms with van der Waals surface area (Å²) >= 11 is 6.06. The molecule has 0 atom stereocenters. The van der Waals surface area contributed by atoms with Gasteiger partial charge in [-0.3, -0.25) is 9.89 Å². The molecule has 2 heterocycles. The zero-order valence-corrected chi connectivity index (χ0v) is 19.1. The van der Waals surface area contributed by atoms with Gasteiger partial charge in [0.05, 0.1) is 29.4 Å². The molecule has 5 rings (SSSR count). The minimum Gasteiger partial charge on any atom is -0.496 e. The number of ether oxygens (including phenoxy) is 1. The lowest BCUT2D eigenvalue weighted by molar-refractivity contribution is 0.0952. The first-order valence-corrected chi connectivity index (χ1v) is 11.1. The summed E-state index contributed by atoms with van der Waals surface area (Å²) < 4.78 is 5.42. The van der Waals surface area contributed by atoms with Gasteiger partial charge in [0.2, 0.25) is 0 Å². The van der Waals surface area contributed by atoms with Crippen molar-refractivity contribution >= 4 is 28.5 Å². The molecule has 0 fully saturated rings. The maximum absolute atomic E-state index is 13.5. The van der Waals surface area contributed by atoms with Crippen LogP contribution in [0.15, 0.2) is 84.9 Å². The highest BCUT2D eigenvalue weighted by Crippen LogP contribution is 2.32. The molecule has 3 aromatic carbocycles. The smallest absolute Gasteiger partial charge is 0.252 e. The van der Waals surface area contributed by atoms with Crippen molar-refractivity contribution in [2.45, 2.75) is 6.54 Å². The van der Waals surface area contributed by atoms with E-state index >= 15 is 0 Å². The third-order valence-corrected chi connectivity index (χ3v) is 5.85. The summed E-state index contributed by atoms with van der Waals surface area (Å²) in [6, 6.07) is 26.5. The Morgan fingerprint density at radius 2 is 1.71 bits per heavy atom. The molecule has 2 aromatic heterocycles. The van der Waals surface area contributed by atoms with Gasteiger partial charge in [-0.15, -0.1) is 0 Å². The van der Waals surface area contributed by atoms with Crippen molar-refractivity contribution in [2.24, 2.45) is 0 Å². The van der Waals surface area contributed by atoms with E-state index in [1.807, 2.05) is 66.7 Å². The van der Waals surface area contributed by atoms with E-state index in [1.54, 1.807) is 25.3 Å². The van der Waals surface area contributed by atoms with Crippen LogP contribution in [0.2, 0.25) is 5.02 Å². The number of pyridine rings is 1. The Kier molecular flexibility index (Phi) is 5.97. The highest BCUT2D eigenvalue weighted by molar-refractivity contribution is 6.30. The molecule has 2 N–H and O–H groups in total. The molecule has 0 aliphatic heterocycles. The molecule has 0 saturated heterocycles. The largest absolute Gasteiger partial charge is 0.496 e. The van der Waals surface area contributed by atoms with Gasteiger partial charge in [0, 0.05) is 28.3 Å². The summed E-state index contributed by atoms with van der Waals surface area (Å²) in [4.78, 5) is 18.2. The third kappa shape index (κ3) is 4.23. The van der Waals surface area contributed by atoms with Crippen LogP contribution in [0.4, 0.5) is 0 Å². The van der Waals surface area contributed by atoms with Crippen LogP contribution < -0.4 is 10.1 Å². The number of nitrogens with zero attached hydrogens (tertiary/aromatic N) is 2. The minimum atomic E-state index is -0.230. The molecule has 7 heteroatoms. The number of halogens is 1. The number of methoxy groups -OCH3 is 1. The summed E-state index contributed by atoms with van der Waals surface area (Å²) in [5.41, 5.74) is 4.98. The van der Waals surface area contributed by atoms with E-state index < -0.39 is 0 Å². The minimum absolute atomic E-state index is 0.230. The van der Waals surface area contributed by atoms with Crippen LogP contribution in [0.25, 0.3) is 33.5 Å². The van der Waals surface area contributed by atoms with Crippen LogP contribution in [0.3, 0.4) is 0 Å². The summed E-state index contributed by atoms with van der Waals surface area (Å²) in [6.07, 6.45) is 0. The van der Waals surface area contributed by atoms with E-state index in [-0.39, 0.29) is 5.91 Å². The topological polar surface area (TPSA) is 79.9 Å². The molecule has 168 valence electrons. The number of aromatic amines is 1. The van der Waals surface area contributed by atoms with Crippen LogP contribution in [-0.2, 0) is 6.54 Å². The second-order valence-corrected chi connectivity index (χ2v) is 8.16. The predicted molar refractivity (Wildman–Crippen MR) is 134 cm³/mol. The van der Waals surface area contributed by atoms with Gasteiger partial charge in [0.15, 0.2) is 5.65 Å². The van der Waals surface area contributed by atoms with Gasteiger partial charge in [-0.05, 0) is 24.3 Å². The number of carbonyl (C=O) groups excluding carboxylic acids is 1. The van der Waals surface area contributed by atoms with Gasteiger partial charge >= 0.3 is 0 Å². The first-order valence-electron chi connectivity index (χ1n) is 10.7. The lowest BCUT2D eigenvalue weighted by Gasteiger charge is -2.12. The number of hydrogen-bond donors (Lipinski definition) is 2. The van der Waals surface area contributed by atoms with Crippen LogP contribution in [0.1, 0.15) is 15.9 Å². The van der Waals surface area contributed by atoms with Gasteiger partial charge in [-0.2, -0.15) is 5.10 Å². The van der Waals surface area contributed by atoms with Gasteiger partial charge in [-0.1, -0.05) is 72.3 Å². The van der Waals surface area contributed by atoms with Crippen molar-refractivity contribution in [3.8, 4) is 28.3 Å². The summed E-state index contributed by atoms with van der Waals surface area (Å²) in [5, 5.41) is 11.8. The van der Waals surface area contributed by atoms with Crippen LogP contribution in [0.5, 0.6) is 5.75 Å². The molecule has 6 nitrogen and oxygen atoms in total. The van der Waals surface area contributed by atoms with E-state index in [9.17, 15) is 4.79 Å². The molecule has 0 spiro atoms. The molecule has 1 amide bonds. The fourth-order valence-corrected chi connectivity index (χ4v) is 4.03. The Balaban J connectivity index is 1.60. The SMILES string of the molecule is COc1ccccc1CNC(=O)c1cc(-c2ccc(Cl)cc2)nc2n[nH]c(-c3ccccc3)c12. The van der Waals surface area contributed by atoms with Crippen LogP contribution in [-0.4, -0.2) is 28.2 Å². The second kappa shape index (κ2) is 9.37. The highest BCUT2D eigenvalue weighted by Gasteiger charge is 2.20. The third-order valence-electron chi connectivity index (χ3n) is 5.60. The normalized spacial score (nSPS) is 10.9. The first kappa shape index (κ1) is 21.7. The predicted octanol–water partition coefficient (Wildman–Crippen LogP) is 5.88. The lowest BCUT2D eigenvalue weighted by Crippen LogP contribution is -2.23. The number of H-pyrrole nitrogens is 1. The number of nitrogens with one attached hydrogen (secondary N) is 2. The van der Waals surface area contributed by atoms with Gasteiger partial charge in [0.1, 0.15) is 5.75 Å². The van der Waals surface area contributed by atoms with Crippen LogP contribution >= 0.6 is 11.6 Å². The fraction of sp³-hybridized carbons (Fsp3) is 0.0741. The fourth-order valence-electron chi connectivity index (χ4n) is 3.90. The van der Waals surface area contributed by atoms with E-state index in [4.69, 9.17) is 21.3 Å². The van der Waals surface area contributed by atoms with E-state index in [0.29, 0.717) is 33.9 Å². The molecule has 0 aliphatic rings. The average molecular weight is 469 g/mol. The molecule has 0 bridgehead atoms. The van der Waals surface area contributed by atoms with E-state index in [2.05, 4.69) is 15.5 Å². The van der Waals surface area contributed by atoms with Gasteiger partial charge in [-0.25, -0.2) is 4.98 Å². The Bertz CT molecular complexity index is 1460. The second-order valence-electron chi connectivity index (χ2n) is 7.72. The number of fused-ring (bicyclic) bond motifs is 1. The monoisotopic (exact) mass is 468 g/mol. The van der Waals surface area contributed by atoms with Crippen molar-refractivity contribution in [3.05, 3.63) is 101 Å². The summed E-state index contributed by atoms with van der Waals surface area (Å²) in [5.74, 6) is 0.491. The quantitative estimate of drug-likeness (QED) is 0.326. The Hall–Kier alpha value is -4.16. The highest BCUT2D eigenvalue weighted by atomic mass is 35.5. The number of para-hydroxylation sites is 1. The van der Waals surface area contributed by atoms with E-state index in [1.165, 1.54) is 0 Å². The molecule has 0 radical (unpaired) electrons. The first-order chi connectivity index (χ1) is 16.6. The zero-order chi connectivity index (χ0) is 23.5. The number of benzene rings is 3. The summed E-state index contributed by atoms with van der Waals surface area (Å²) in [7, 11) is 1.61. The Labute approximate surface area is 201 Å². The molecule has 0 aliphatic carbocycles. The van der Waals surface area contributed by atoms with Crippen molar-refractivity contribution in [2.75, 3.05) is 7.11 Å². The molecule has 5 aromatic rings. The molecule has 34 heavy (non-hydrogen) atoms. The Morgan fingerprint density at radius 3 is 2.47 bits per heavy atom. The van der Waals surface area contributed by atoms with Gasteiger partial charge < -0.3 is 10.1 Å². The Morgan fingerprint density at radius 1 is 0.971 bits per heavy atom. The summed E-state index contributed by atoms with van der Waals surface area (Å²) in [6.45, 7) is 0.321.